The maximum atomic E-state index is 14.6. The molecule has 30 heavy (non-hydrogen) atoms. The number of carbonyl (C=O) groups is 1. The lowest BCUT2D eigenvalue weighted by molar-refractivity contribution is -0.116. The van der Waals surface area contributed by atoms with Crippen LogP contribution in [0.4, 0.5) is 10.1 Å². The quantitative estimate of drug-likeness (QED) is 0.586. The second-order valence-corrected chi connectivity index (χ2v) is 7.55. The number of Topliss-reactive ketones (excluding diaryl/α,β-unsaturated/α-hetero) is 1. The molecule has 1 aliphatic heterocycles. The van der Waals surface area contributed by atoms with Gasteiger partial charge in [0.05, 0.1) is 31.0 Å². The summed E-state index contributed by atoms with van der Waals surface area (Å²) in [5.41, 5.74) is 4.02. The zero-order valence-corrected chi connectivity index (χ0v) is 16.8. The number of ether oxygens (including phenoxy) is 1. The molecule has 0 bridgehead atoms. The van der Waals surface area contributed by atoms with E-state index in [1.54, 1.807) is 24.3 Å². The molecule has 0 atom stereocenters. The van der Waals surface area contributed by atoms with Gasteiger partial charge in [0.2, 0.25) is 0 Å². The first-order valence-electron chi connectivity index (χ1n) is 9.93. The predicted molar refractivity (Wildman–Crippen MR) is 114 cm³/mol. The molecule has 0 N–H and O–H groups in total. The van der Waals surface area contributed by atoms with Crippen LogP contribution in [0.5, 0.6) is 0 Å². The lowest BCUT2D eigenvalue weighted by Crippen LogP contribution is -2.35. The molecule has 5 nitrogen and oxygen atoms in total. The normalized spacial score (nSPS) is 14.6. The highest BCUT2D eigenvalue weighted by Crippen LogP contribution is 2.29. The average molecular weight is 403 g/mol. The maximum Gasteiger partial charge on any atom is 0.189 e. The Morgan fingerprint density at radius 1 is 1.17 bits per heavy atom. The Bertz CT molecular complexity index is 1150. The van der Waals surface area contributed by atoms with E-state index >= 15 is 0 Å². The lowest BCUT2D eigenvalue weighted by Gasteiger charge is -2.27. The van der Waals surface area contributed by atoms with Crippen molar-refractivity contribution in [1.82, 2.24) is 9.88 Å². The molecule has 4 rings (SSSR count). The van der Waals surface area contributed by atoms with Gasteiger partial charge in [-0.15, -0.1) is 0 Å². The fourth-order valence-electron chi connectivity index (χ4n) is 3.76. The van der Waals surface area contributed by atoms with Gasteiger partial charge in [-0.3, -0.25) is 9.69 Å². The topological polar surface area (TPSA) is 46.8 Å². The molecule has 2 aromatic carbocycles. The van der Waals surface area contributed by atoms with Gasteiger partial charge in [-0.2, -0.15) is 0 Å². The summed E-state index contributed by atoms with van der Waals surface area (Å²) < 4.78 is 20.0. The molecule has 1 aromatic heterocycles. The first-order valence-corrected chi connectivity index (χ1v) is 9.93. The number of ketones is 1. The van der Waals surface area contributed by atoms with Crippen molar-refractivity contribution in [2.75, 3.05) is 26.3 Å². The van der Waals surface area contributed by atoms with Crippen LogP contribution in [-0.4, -0.2) is 42.0 Å². The monoisotopic (exact) mass is 403 g/mol. The molecular weight excluding hydrogens is 381 g/mol. The zero-order valence-electron chi connectivity index (χ0n) is 16.8. The van der Waals surface area contributed by atoms with Crippen LogP contribution in [0, 0.1) is 12.4 Å². The number of hydrogen-bond donors (Lipinski definition) is 0. The first-order chi connectivity index (χ1) is 14.5. The zero-order chi connectivity index (χ0) is 21.1. The Labute approximate surface area is 174 Å². The molecule has 0 unspecified atom stereocenters. The minimum absolute atomic E-state index is 0.0773. The van der Waals surface area contributed by atoms with E-state index in [4.69, 9.17) is 16.3 Å². The second kappa shape index (κ2) is 8.70. The smallest absolute Gasteiger partial charge is 0.189 e. The van der Waals surface area contributed by atoms with E-state index in [1.807, 2.05) is 12.1 Å². The third kappa shape index (κ3) is 4.38. The van der Waals surface area contributed by atoms with E-state index < -0.39 is 5.82 Å². The van der Waals surface area contributed by atoms with Crippen LogP contribution in [0.3, 0.4) is 0 Å². The minimum atomic E-state index is -0.408. The van der Waals surface area contributed by atoms with E-state index in [-0.39, 0.29) is 12.2 Å². The minimum Gasteiger partial charge on any atom is -0.379 e. The highest BCUT2D eigenvalue weighted by molar-refractivity contribution is 5.88. The van der Waals surface area contributed by atoms with Crippen molar-refractivity contribution in [2.24, 2.45) is 0 Å². The van der Waals surface area contributed by atoms with E-state index in [9.17, 15) is 9.18 Å². The summed E-state index contributed by atoms with van der Waals surface area (Å²) in [5, 5.41) is 0.992. The Balaban J connectivity index is 1.78. The molecule has 1 aliphatic rings. The summed E-state index contributed by atoms with van der Waals surface area (Å²) in [6.07, 6.45) is 0.0773. The molecule has 0 radical (unpaired) electrons. The summed E-state index contributed by atoms with van der Waals surface area (Å²) in [6, 6.07) is 12.4. The number of halogens is 1. The third-order valence-electron chi connectivity index (χ3n) is 5.29. The van der Waals surface area contributed by atoms with Crippen LogP contribution in [0.1, 0.15) is 18.1 Å². The Hall–Kier alpha value is -3.14. The van der Waals surface area contributed by atoms with Crippen molar-refractivity contribution in [3.8, 4) is 11.3 Å². The SMILES string of the molecule is [C-]#[N+]c1ccc2c(CN3CCOCC3)cc(-c3ccc(CC(C)=O)c(F)c3)nc2c1. The molecular formula is C24H22FN3O2. The van der Waals surface area contributed by atoms with Crippen molar-refractivity contribution in [3.63, 3.8) is 0 Å². The van der Waals surface area contributed by atoms with Gasteiger partial charge in [0.15, 0.2) is 5.69 Å². The number of pyridine rings is 1. The second-order valence-electron chi connectivity index (χ2n) is 7.55. The van der Waals surface area contributed by atoms with Gasteiger partial charge < -0.3 is 4.74 Å². The summed E-state index contributed by atoms with van der Waals surface area (Å²) in [4.78, 5) is 21.9. The van der Waals surface area contributed by atoms with Gasteiger partial charge in [0.25, 0.3) is 0 Å². The summed E-state index contributed by atoms with van der Waals surface area (Å²) in [6.45, 7) is 12.6. The summed E-state index contributed by atoms with van der Waals surface area (Å²) in [7, 11) is 0. The Morgan fingerprint density at radius 2 is 1.97 bits per heavy atom. The summed E-state index contributed by atoms with van der Waals surface area (Å²) >= 11 is 0. The number of fused-ring (bicyclic) bond motifs is 1. The number of aromatic nitrogens is 1. The fourth-order valence-corrected chi connectivity index (χ4v) is 3.76. The van der Waals surface area contributed by atoms with E-state index in [2.05, 4.69) is 9.74 Å². The van der Waals surface area contributed by atoms with Crippen LogP contribution < -0.4 is 0 Å². The molecule has 1 saturated heterocycles. The van der Waals surface area contributed by atoms with Gasteiger partial charge >= 0.3 is 0 Å². The van der Waals surface area contributed by atoms with Gasteiger partial charge in [-0.25, -0.2) is 14.2 Å². The first kappa shape index (κ1) is 20.1. The lowest BCUT2D eigenvalue weighted by atomic mass is 10.0. The Kier molecular flexibility index (Phi) is 5.84. The highest BCUT2D eigenvalue weighted by atomic mass is 19.1. The van der Waals surface area contributed by atoms with E-state index in [0.29, 0.717) is 35.7 Å². The van der Waals surface area contributed by atoms with Crippen LogP contribution in [0.25, 0.3) is 27.0 Å². The standard InChI is InChI=1S/C24H22FN3O2/c1-16(29)11-17-3-4-18(12-22(17)25)23-13-19(15-28-7-9-30-10-8-28)21-6-5-20(26-2)14-24(21)27-23/h3-6,12-14H,7-11,15H2,1H3. The number of rotatable bonds is 5. The number of benzene rings is 2. The van der Waals surface area contributed by atoms with Crippen LogP contribution >= 0.6 is 0 Å². The highest BCUT2D eigenvalue weighted by Gasteiger charge is 2.16. The molecule has 0 aliphatic carbocycles. The maximum absolute atomic E-state index is 14.6. The van der Waals surface area contributed by atoms with Crippen molar-refractivity contribution in [1.29, 1.82) is 0 Å². The molecule has 152 valence electrons. The summed E-state index contributed by atoms with van der Waals surface area (Å²) in [5.74, 6) is -0.487. The van der Waals surface area contributed by atoms with Crippen LogP contribution in [0.15, 0.2) is 42.5 Å². The van der Waals surface area contributed by atoms with E-state index in [1.165, 1.54) is 13.0 Å². The number of carbonyl (C=O) groups excluding carboxylic acids is 1. The molecule has 0 amide bonds. The van der Waals surface area contributed by atoms with Crippen molar-refractivity contribution >= 4 is 22.4 Å². The number of hydrogen-bond acceptors (Lipinski definition) is 4. The molecule has 2 heterocycles. The largest absolute Gasteiger partial charge is 0.379 e. The van der Waals surface area contributed by atoms with Crippen molar-refractivity contribution in [2.45, 2.75) is 19.9 Å². The third-order valence-corrected chi connectivity index (χ3v) is 5.29. The van der Waals surface area contributed by atoms with Crippen molar-refractivity contribution < 1.29 is 13.9 Å². The van der Waals surface area contributed by atoms with Gasteiger partial charge in [-0.1, -0.05) is 24.3 Å². The van der Waals surface area contributed by atoms with Gasteiger partial charge in [0, 0.05) is 37.0 Å². The van der Waals surface area contributed by atoms with E-state index in [0.717, 1.165) is 36.1 Å². The fraction of sp³-hybridized carbons (Fsp3) is 0.292. The van der Waals surface area contributed by atoms with Gasteiger partial charge in [0.1, 0.15) is 11.6 Å². The number of morpholine rings is 1. The molecule has 3 aromatic rings. The molecule has 0 spiro atoms. The predicted octanol–water partition coefficient (Wildman–Crippen LogP) is 4.56. The van der Waals surface area contributed by atoms with Crippen LogP contribution in [-0.2, 0) is 22.5 Å². The molecule has 1 fully saturated rings. The van der Waals surface area contributed by atoms with Crippen molar-refractivity contribution in [3.05, 3.63) is 70.8 Å². The molecule has 6 heteroatoms. The number of nitrogens with zero attached hydrogens (tertiary/aromatic N) is 3. The van der Waals surface area contributed by atoms with Crippen LogP contribution in [0.2, 0.25) is 0 Å². The Morgan fingerprint density at radius 3 is 2.67 bits per heavy atom. The van der Waals surface area contributed by atoms with Gasteiger partial charge in [-0.05, 0) is 36.2 Å². The molecule has 0 saturated carbocycles. The average Bonchev–Trinajstić information content (AvgIpc) is 2.75.